The molecule has 1 aromatic heterocycles. The molecule has 2 heterocycles. The Morgan fingerprint density at radius 1 is 1.40 bits per heavy atom. The van der Waals surface area contributed by atoms with Gasteiger partial charge in [0.1, 0.15) is 18.1 Å². The summed E-state index contributed by atoms with van der Waals surface area (Å²) in [7, 11) is 1.46. The average molecular weight is 366 g/mol. The minimum atomic E-state index is -1.49. The minimum absolute atomic E-state index is 0.177. The van der Waals surface area contributed by atoms with Gasteiger partial charge in [0.15, 0.2) is 6.17 Å². The maximum atomic E-state index is 13.8. The van der Waals surface area contributed by atoms with Crippen molar-refractivity contribution in [2.24, 2.45) is 11.7 Å². The van der Waals surface area contributed by atoms with Crippen molar-refractivity contribution in [2.45, 2.75) is 25.6 Å². The van der Waals surface area contributed by atoms with E-state index in [-0.39, 0.29) is 12.6 Å². The number of fused-ring (bicyclic) bond motifs is 1. The van der Waals surface area contributed by atoms with Gasteiger partial charge in [-0.3, -0.25) is 9.59 Å². The number of carbonyl (C=O) groups is 2. The number of rotatable bonds is 6. The first-order chi connectivity index (χ1) is 12.0. The van der Waals surface area contributed by atoms with Crippen molar-refractivity contribution in [1.29, 1.82) is 0 Å². The molecule has 1 aromatic carbocycles. The first kappa shape index (κ1) is 17.5. The topological polar surface area (TPSA) is 90.6 Å². The molecule has 3 N–H and O–H groups in total. The molecule has 1 aliphatic heterocycles. The van der Waals surface area contributed by atoms with Gasteiger partial charge in [-0.2, -0.15) is 0 Å². The van der Waals surface area contributed by atoms with Gasteiger partial charge in [-0.15, -0.1) is 11.3 Å². The Kier molecular flexibility index (Phi) is 4.80. The van der Waals surface area contributed by atoms with E-state index < -0.39 is 23.9 Å². The van der Waals surface area contributed by atoms with Crippen molar-refractivity contribution in [3.8, 4) is 11.5 Å². The Labute approximate surface area is 148 Å². The summed E-state index contributed by atoms with van der Waals surface area (Å²) >= 11 is 1.41. The highest BCUT2D eigenvalue weighted by Crippen LogP contribution is 2.37. The van der Waals surface area contributed by atoms with Crippen LogP contribution >= 0.6 is 11.3 Å². The summed E-state index contributed by atoms with van der Waals surface area (Å²) in [5, 5.41) is 5.22. The molecule has 1 saturated heterocycles. The number of benzene rings is 1. The number of thiophene rings is 1. The SMILES string of the molecule is CC[C@@H]1[C@H](F)C(=O)N[C@@H]1COc1csc2cc(C(N)=O)c(OC)cc12. The predicted molar refractivity (Wildman–Crippen MR) is 93.0 cm³/mol. The highest BCUT2D eigenvalue weighted by molar-refractivity contribution is 7.17. The van der Waals surface area contributed by atoms with Crippen LogP contribution in [0.1, 0.15) is 23.7 Å². The van der Waals surface area contributed by atoms with Gasteiger partial charge in [-0.1, -0.05) is 6.92 Å². The van der Waals surface area contributed by atoms with Crippen molar-refractivity contribution in [1.82, 2.24) is 5.32 Å². The fourth-order valence-corrected chi connectivity index (χ4v) is 4.01. The summed E-state index contributed by atoms with van der Waals surface area (Å²) < 4.78 is 25.7. The number of nitrogens with one attached hydrogen (secondary N) is 1. The Hall–Kier alpha value is -2.35. The van der Waals surface area contributed by atoms with Crippen LogP contribution in [0.15, 0.2) is 17.5 Å². The standard InChI is InChI=1S/C17H19FN2O4S/c1-3-8-11(20-17(22)15(8)18)6-24-13-7-25-14-5-10(16(19)21)12(23-2)4-9(13)14/h4-5,7-8,11,15H,3,6H2,1-2H3,(H2,19,21)(H,20,22)/t8-,11+,15-/m0/s1. The zero-order valence-corrected chi connectivity index (χ0v) is 14.7. The summed E-state index contributed by atoms with van der Waals surface area (Å²) in [6, 6.07) is 3.00. The molecule has 2 aromatic rings. The number of nitrogens with two attached hydrogens (primary N) is 1. The number of carbonyl (C=O) groups excluding carboxylic acids is 2. The summed E-state index contributed by atoms with van der Waals surface area (Å²) in [5.74, 6) is -0.576. The average Bonchev–Trinajstić information content (AvgIpc) is 3.12. The van der Waals surface area contributed by atoms with Gasteiger partial charge in [-0.25, -0.2) is 4.39 Å². The molecular weight excluding hydrogens is 347 g/mol. The second kappa shape index (κ2) is 6.87. The van der Waals surface area contributed by atoms with Gasteiger partial charge in [0.2, 0.25) is 0 Å². The summed E-state index contributed by atoms with van der Waals surface area (Å²) in [5.41, 5.74) is 5.67. The molecule has 3 atom stereocenters. The lowest BCUT2D eigenvalue weighted by Gasteiger charge is -2.18. The third kappa shape index (κ3) is 3.13. The number of hydrogen-bond acceptors (Lipinski definition) is 5. The minimum Gasteiger partial charge on any atom is -0.496 e. The lowest BCUT2D eigenvalue weighted by atomic mass is 9.97. The van der Waals surface area contributed by atoms with Crippen molar-refractivity contribution in [3.63, 3.8) is 0 Å². The predicted octanol–water partition coefficient (Wildman–Crippen LogP) is 2.25. The molecule has 0 unspecified atom stereocenters. The van der Waals surface area contributed by atoms with Gasteiger partial charge in [0.25, 0.3) is 11.8 Å². The van der Waals surface area contributed by atoms with E-state index in [1.807, 2.05) is 6.92 Å². The number of primary amides is 1. The Morgan fingerprint density at radius 3 is 2.80 bits per heavy atom. The van der Waals surface area contributed by atoms with E-state index in [2.05, 4.69) is 5.32 Å². The largest absolute Gasteiger partial charge is 0.496 e. The lowest BCUT2D eigenvalue weighted by Crippen LogP contribution is -2.34. The number of methoxy groups -OCH3 is 1. The highest BCUT2D eigenvalue weighted by atomic mass is 32.1. The lowest BCUT2D eigenvalue weighted by molar-refractivity contribution is -0.123. The molecule has 1 fully saturated rings. The Morgan fingerprint density at radius 2 is 2.16 bits per heavy atom. The molecule has 6 nitrogen and oxygen atoms in total. The third-order valence-electron chi connectivity index (χ3n) is 4.49. The van der Waals surface area contributed by atoms with Crippen LogP contribution in [0.5, 0.6) is 11.5 Å². The maximum absolute atomic E-state index is 13.8. The van der Waals surface area contributed by atoms with Crippen LogP contribution in [0.4, 0.5) is 4.39 Å². The number of amides is 2. The van der Waals surface area contributed by atoms with E-state index >= 15 is 0 Å². The number of ether oxygens (including phenoxy) is 2. The van der Waals surface area contributed by atoms with E-state index in [1.165, 1.54) is 18.4 Å². The van der Waals surface area contributed by atoms with E-state index in [1.54, 1.807) is 17.5 Å². The fourth-order valence-electron chi connectivity index (χ4n) is 3.11. The van der Waals surface area contributed by atoms with Crippen LogP contribution in [0, 0.1) is 5.92 Å². The molecule has 134 valence electrons. The molecule has 0 aliphatic carbocycles. The van der Waals surface area contributed by atoms with E-state index in [0.29, 0.717) is 23.5 Å². The molecule has 0 spiro atoms. The van der Waals surface area contributed by atoms with Crippen molar-refractivity contribution >= 4 is 33.2 Å². The maximum Gasteiger partial charge on any atom is 0.255 e. The smallest absolute Gasteiger partial charge is 0.255 e. The van der Waals surface area contributed by atoms with Gasteiger partial charge >= 0.3 is 0 Å². The van der Waals surface area contributed by atoms with Crippen LogP contribution in [0.25, 0.3) is 10.1 Å². The van der Waals surface area contributed by atoms with Gasteiger partial charge in [0, 0.05) is 21.4 Å². The first-order valence-electron chi connectivity index (χ1n) is 7.92. The molecule has 25 heavy (non-hydrogen) atoms. The van der Waals surface area contributed by atoms with Crippen LogP contribution in [-0.2, 0) is 4.79 Å². The molecule has 0 bridgehead atoms. The third-order valence-corrected chi connectivity index (χ3v) is 5.41. The van der Waals surface area contributed by atoms with Crippen molar-refractivity contribution < 1.29 is 23.5 Å². The Balaban J connectivity index is 1.83. The molecule has 2 amide bonds. The first-order valence-corrected chi connectivity index (χ1v) is 8.80. The monoisotopic (exact) mass is 366 g/mol. The van der Waals surface area contributed by atoms with Crippen LogP contribution in [-0.4, -0.2) is 37.7 Å². The zero-order chi connectivity index (χ0) is 18.1. The second-order valence-electron chi connectivity index (χ2n) is 5.91. The van der Waals surface area contributed by atoms with E-state index in [4.69, 9.17) is 15.2 Å². The van der Waals surface area contributed by atoms with Crippen molar-refractivity contribution in [2.75, 3.05) is 13.7 Å². The highest BCUT2D eigenvalue weighted by Gasteiger charge is 2.41. The van der Waals surface area contributed by atoms with Gasteiger partial charge in [-0.05, 0) is 18.6 Å². The van der Waals surface area contributed by atoms with Crippen molar-refractivity contribution in [3.05, 3.63) is 23.1 Å². The summed E-state index contributed by atoms with van der Waals surface area (Å²) in [6.45, 7) is 2.02. The summed E-state index contributed by atoms with van der Waals surface area (Å²) in [4.78, 5) is 23.0. The quantitative estimate of drug-likeness (QED) is 0.820. The number of hydrogen-bond donors (Lipinski definition) is 2. The van der Waals surface area contributed by atoms with Crippen LogP contribution < -0.4 is 20.5 Å². The molecule has 0 saturated carbocycles. The molecular formula is C17H19FN2O4S. The second-order valence-corrected chi connectivity index (χ2v) is 6.82. The molecule has 8 heteroatoms. The summed E-state index contributed by atoms with van der Waals surface area (Å²) in [6.07, 6.45) is -0.940. The van der Waals surface area contributed by atoms with E-state index in [0.717, 1.165) is 10.1 Å². The fraction of sp³-hybridized carbons (Fsp3) is 0.412. The number of alkyl halides is 1. The zero-order valence-electron chi connectivity index (χ0n) is 13.9. The molecule has 1 aliphatic rings. The van der Waals surface area contributed by atoms with Crippen LogP contribution in [0.3, 0.4) is 0 Å². The normalized spacial score (nSPS) is 22.8. The number of halogens is 1. The Bertz CT molecular complexity index is 822. The van der Waals surface area contributed by atoms with Gasteiger partial charge < -0.3 is 20.5 Å². The van der Waals surface area contributed by atoms with Gasteiger partial charge in [0.05, 0.1) is 18.7 Å². The van der Waals surface area contributed by atoms with Crippen LogP contribution in [0.2, 0.25) is 0 Å². The molecule has 3 rings (SSSR count). The molecule has 0 radical (unpaired) electrons. The van der Waals surface area contributed by atoms with E-state index in [9.17, 15) is 14.0 Å².